The molecule has 0 nitrogen and oxygen atoms in total. The van der Waals surface area contributed by atoms with E-state index in [1.807, 2.05) is 48.6 Å². The van der Waals surface area contributed by atoms with Crippen LogP contribution in [-0.2, 0) is 17.1 Å². The summed E-state index contributed by atoms with van der Waals surface area (Å²) in [6.07, 6.45) is 3.63. The molecule has 0 atom stereocenters. The van der Waals surface area contributed by atoms with E-state index in [1.54, 1.807) is 0 Å². The average Bonchev–Trinajstić information content (AvgIpc) is 2.88. The molecule has 0 N–H and O–H groups in total. The average molecular weight is 396 g/mol. The number of hydrogen-bond donors (Lipinski definition) is 0. The van der Waals surface area contributed by atoms with Crippen molar-refractivity contribution >= 4 is 44.0 Å². The smallest absolute Gasteiger partial charge is 0 e. The van der Waals surface area contributed by atoms with Crippen LogP contribution in [0.3, 0.4) is 0 Å². The van der Waals surface area contributed by atoms with E-state index in [9.17, 15) is 0 Å². The van der Waals surface area contributed by atoms with Crippen LogP contribution in [0.4, 0.5) is 0 Å². The molecule has 0 fully saturated rings. The van der Waals surface area contributed by atoms with Gasteiger partial charge in [-0.2, -0.15) is 12.6 Å². The Morgan fingerprint density at radius 1 is 1.24 bits per heavy atom. The van der Waals surface area contributed by atoms with Gasteiger partial charge in [-0.25, -0.2) is 0 Å². The Balaban J connectivity index is 0.000000316. The third-order valence-electron chi connectivity index (χ3n) is 2.01. The van der Waals surface area contributed by atoms with Crippen LogP contribution in [0.5, 0.6) is 0 Å². The summed E-state index contributed by atoms with van der Waals surface area (Å²) in [4.78, 5) is 0. The van der Waals surface area contributed by atoms with Gasteiger partial charge in [0.2, 0.25) is 0 Å². The summed E-state index contributed by atoms with van der Waals surface area (Å²) in [6, 6.07) is 12.0. The first-order valence-electron chi connectivity index (χ1n) is 4.76. The van der Waals surface area contributed by atoms with Crippen molar-refractivity contribution in [3.05, 3.63) is 69.6 Å². The number of rotatable bonds is 2. The SMILES string of the molecule is Br[c-]1[cH-][cH-][cH-][cH-]1.C=Cc1cc[c-](C=C)c1Br.[Fe]. The van der Waals surface area contributed by atoms with Crippen molar-refractivity contribution in [2.45, 2.75) is 0 Å². The Bertz CT molecular complexity index is 427. The van der Waals surface area contributed by atoms with Crippen molar-refractivity contribution in [3.63, 3.8) is 0 Å². The van der Waals surface area contributed by atoms with Gasteiger partial charge in [0.1, 0.15) is 0 Å². The van der Waals surface area contributed by atoms with Crippen molar-refractivity contribution in [1.29, 1.82) is 0 Å². The van der Waals surface area contributed by atoms with Crippen LogP contribution in [-0.4, -0.2) is 0 Å². The summed E-state index contributed by atoms with van der Waals surface area (Å²) in [6.45, 7) is 7.35. The second-order valence-corrected chi connectivity index (χ2v) is 4.78. The zero-order valence-electron chi connectivity index (χ0n) is 9.14. The van der Waals surface area contributed by atoms with Gasteiger partial charge in [0.25, 0.3) is 0 Å². The summed E-state index contributed by atoms with van der Waals surface area (Å²) >= 11 is 6.71. The molecule has 0 unspecified atom stereocenters. The van der Waals surface area contributed by atoms with Gasteiger partial charge in [-0.3, -0.25) is 0 Å². The van der Waals surface area contributed by atoms with Crippen LogP contribution in [0, 0.1) is 0 Å². The first kappa shape index (κ1) is 16.7. The quantitative estimate of drug-likeness (QED) is 0.457. The van der Waals surface area contributed by atoms with Gasteiger partial charge in [0.15, 0.2) is 0 Å². The molecule has 17 heavy (non-hydrogen) atoms. The molecule has 0 bridgehead atoms. The van der Waals surface area contributed by atoms with E-state index in [4.69, 9.17) is 0 Å². The molecule has 0 heterocycles. The maximum Gasteiger partial charge on any atom is 0 e. The molecule has 0 aliphatic rings. The first-order chi connectivity index (χ1) is 7.69. The molecule has 0 saturated carbocycles. The van der Waals surface area contributed by atoms with E-state index < -0.39 is 0 Å². The van der Waals surface area contributed by atoms with Gasteiger partial charge < -0.3 is 44.7 Å². The molecule has 2 rings (SSSR count). The van der Waals surface area contributed by atoms with Crippen LogP contribution in [0.15, 0.2) is 58.5 Å². The van der Waals surface area contributed by atoms with Gasteiger partial charge in [-0.15, -0.1) is 35.9 Å². The normalized spacial score (nSPS) is 8.59. The maximum absolute atomic E-state index is 3.68. The Morgan fingerprint density at radius 2 is 1.82 bits per heavy atom. The fraction of sp³-hybridized carbons (Fsp3) is 0. The fourth-order valence-corrected chi connectivity index (χ4v) is 2.05. The fourth-order valence-electron chi connectivity index (χ4n) is 1.16. The summed E-state index contributed by atoms with van der Waals surface area (Å²) in [7, 11) is 0. The molecule has 0 radical (unpaired) electrons. The van der Waals surface area contributed by atoms with Gasteiger partial charge in [0.05, 0.1) is 0 Å². The van der Waals surface area contributed by atoms with Crippen molar-refractivity contribution in [1.82, 2.24) is 0 Å². The first-order valence-corrected chi connectivity index (χ1v) is 6.35. The second-order valence-electron chi connectivity index (χ2n) is 3.07. The minimum absolute atomic E-state index is 0. The van der Waals surface area contributed by atoms with Gasteiger partial charge in [0, 0.05) is 17.1 Å². The Morgan fingerprint density at radius 3 is 2.06 bits per heavy atom. The minimum Gasteiger partial charge on any atom is -0.747 e. The summed E-state index contributed by atoms with van der Waals surface area (Å²) in [5.74, 6) is 0. The van der Waals surface area contributed by atoms with Gasteiger partial charge in [-0.1, -0.05) is 20.4 Å². The van der Waals surface area contributed by atoms with Crippen molar-refractivity contribution < 1.29 is 17.1 Å². The molecule has 2 aromatic carbocycles. The van der Waals surface area contributed by atoms with E-state index in [0.717, 1.165) is 20.1 Å². The van der Waals surface area contributed by atoms with Gasteiger partial charge in [-0.05, 0) is 0 Å². The van der Waals surface area contributed by atoms with Crippen LogP contribution in [0.1, 0.15) is 11.1 Å². The topological polar surface area (TPSA) is 0 Å². The second kappa shape index (κ2) is 8.71. The Hall–Kier alpha value is -0.341. The maximum atomic E-state index is 3.68. The predicted octanol–water partition coefficient (Wildman–Crippen LogP) is 5.62. The Kier molecular flexibility index (Phi) is 8.53. The number of hydrogen-bond acceptors (Lipinski definition) is 0. The van der Waals surface area contributed by atoms with Crippen LogP contribution >= 0.6 is 31.9 Å². The van der Waals surface area contributed by atoms with Crippen LogP contribution in [0.25, 0.3) is 12.2 Å². The molecule has 0 spiro atoms. The zero-order valence-corrected chi connectivity index (χ0v) is 13.4. The Labute approximate surface area is 130 Å². The van der Waals surface area contributed by atoms with Gasteiger partial charge >= 0.3 is 0 Å². The van der Waals surface area contributed by atoms with E-state index in [2.05, 4.69) is 45.0 Å². The van der Waals surface area contributed by atoms with E-state index in [-0.39, 0.29) is 17.1 Å². The molecular weight excluding hydrogens is 384 g/mol. The van der Waals surface area contributed by atoms with Crippen molar-refractivity contribution in [2.24, 2.45) is 0 Å². The number of halogens is 2. The largest absolute Gasteiger partial charge is 0.747 e. The van der Waals surface area contributed by atoms with Crippen molar-refractivity contribution in [3.8, 4) is 0 Å². The molecule has 0 saturated heterocycles. The monoisotopic (exact) mass is 394 g/mol. The molecule has 2 aromatic rings. The van der Waals surface area contributed by atoms with Crippen molar-refractivity contribution in [2.75, 3.05) is 0 Å². The van der Waals surface area contributed by atoms with E-state index >= 15 is 0 Å². The standard InChI is InChI=1S/C9H8Br.C5H4Br.Fe/c1-3-7-5-6-8(4-2)9(7)10;6-5-3-1-2-4-5;/h3-6H,1-2H2;1-4H;/q-1;-5;. The summed E-state index contributed by atoms with van der Waals surface area (Å²) < 4.78 is 2.24. The van der Waals surface area contributed by atoms with E-state index in [1.165, 1.54) is 0 Å². The van der Waals surface area contributed by atoms with E-state index in [0.29, 0.717) is 0 Å². The molecule has 0 aliphatic heterocycles. The molecule has 0 aromatic heterocycles. The molecule has 0 amide bonds. The van der Waals surface area contributed by atoms with Crippen LogP contribution in [0.2, 0.25) is 0 Å². The predicted molar refractivity (Wildman–Crippen MR) is 79.7 cm³/mol. The third-order valence-corrected chi connectivity index (χ3v) is 3.46. The third kappa shape index (κ3) is 5.22. The summed E-state index contributed by atoms with van der Waals surface area (Å²) in [5.41, 5.74) is 2.24. The zero-order chi connectivity index (χ0) is 12.0. The molecule has 3 heteroatoms. The minimum atomic E-state index is 0. The summed E-state index contributed by atoms with van der Waals surface area (Å²) in [5, 5.41) is 0. The molecule has 96 valence electrons. The van der Waals surface area contributed by atoms with Crippen LogP contribution < -0.4 is 0 Å². The molecule has 0 aliphatic carbocycles. The molecular formula is C14H12Br2Fe-6.